The van der Waals surface area contributed by atoms with Gasteiger partial charge >= 0.3 is 11.9 Å². The van der Waals surface area contributed by atoms with Crippen LogP contribution in [0.1, 0.15) is 175 Å². The molecule has 58 heavy (non-hydrogen) atoms. The van der Waals surface area contributed by atoms with E-state index in [0.29, 0.717) is 62.8 Å². The number of hydrogen-bond acceptors (Lipinski definition) is 10. The lowest BCUT2D eigenvalue weighted by Gasteiger charge is -2.20. The quantitative estimate of drug-likeness (QED) is 0.0371. The summed E-state index contributed by atoms with van der Waals surface area (Å²) in [6.07, 6.45) is 8.27. The van der Waals surface area contributed by atoms with Crippen LogP contribution in [0.25, 0.3) is 0 Å². The molecule has 0 amide bonds. The summed E-state index contributed by atoms with van der Waals surface area (Å²) in [6, 6.07) is 0. The molecule has 0 heterocycles. The van der Waals surface area contributed by atoms with Crippen LogP contribution in [0.4, 0.5) is 0 Å². The van der Waals surface area contributed by atoms with Crippen molar-refractivity contribution in [2.75, 3.05) is 78.7 Å². The van der Waals surface area contributed by atoms with E-state index < -0.39 is 0 Å². The molecule has 0 bridgehead atoms. The Morgan fingerprint density at radius 2 is 0.655 bits per heavy atom. The van der Waals surface area contributed by atoms with E-state index in [1.54, 1.807) is 0 Å². The highest BCUT2D eigenvalue weighted by Crippen LogP contribution is 2.07. The largest absolute Gasteiger partial charge is 0.466 e. The van der Waals surface area contributed by atoms with Crippen molar-refractivity contribution in [1.29, 1.82) is 0 Å². The molecule has 0 aromatic heterocycles. The number of esters is 2. The van der Waals surface area contributed by atoms with E-state index >= 15 is 0 Å². The highest BCUT2D eigenvalue weighted by atomic mass is 16.5. The van der Waals surface area contributed by atoms with Gasteiger partial charge in [0, 0.05) is 62.1 Å². The van der Waals surface area contributed by atoms with Gasteiger partial charge in [-0.1, -0.05) is 83.1 Å². The van der Waals surface area contributed by atoms with E-state index in [4.69, 9.17) is 29.4 Å². The molecule has 0 aromatic rings. The first kappa shape index (κ1) is 59.8. The SMILES string of the molecule is CC.CC.CC(CC(C)C)=NCCN(CCN=C(C)CC(C)C)CCC(=O)OCCCCCCOC(=O)CCN(CCN=C(C)CC(C)C)CCN=C(C)CC(C)C. The van der Waals surface area contributed by atoms with Crippen LogP contribution >= 0.6 is 0 Å². The maximum atomic E-state index is 12.5. The van der Waals surface area contributed by atoms with Crippen molar-refractivity contribution in [3.05, 3.63) is 0 Å². The minimum absolute atomic E-state index is 0.156. The molecular weight excluding hydrogens is 725 g/mol. The summed E-state index contributed by atoms with van der Waals surface area (Å²) in [5, 5.41) is 0. The monoisotopic (exact) mass is 821 g/mol. The highest BCUT2D eigenvalue weighted by molar-refractivity contribution is 5.83. The molecule has 10 heteroatoms. The first-order chi connectivity index (χ1) is 27.6. The highest BCUT2D eigenvalue weighted by Gasteiger charge is 2.12. The number of unbranched alkanes of at least 4 members (excludes halogenated alkanes) is 3. The molecule has 0 rings (SSSR count). The van der Waals surface area contributed by atoms with Gasteiger partial charge in [0.25, 0.3) is 0 Å². The zero-order valence-electron chi connectivity index (χ0n) is 41.2. The zero-order valence-corrected chi connectivity index (χ0v) is 41.2. The predicted octanol–water partition coefficient (Wildman–Crippen LogP) is 11.1. The molecular formula is C48H96N6O4. The van der Waals surface area contributed by atoms with Gasteiger partial charge in [-0.25, -0.2) is 0 Å². The summed E-state index contributed by atoms with van der Waals surface area (Å²) >= 11 is 0. The van der Waals surface area contributed by atoms with Crippen molar-refractivity contribution in [3.8, 4) is 0 Å². The van der Waals surface area contributed by atoms with Crippen LogP contribution in [0.3, 0.4) is 0 Å². The number of carbonyl (C=O) groups excluding carboxylic acids is 2. The van der Waals surface area contributed by atoms with Crippen molar-refractivity contribution in [1.82, 2.24) is 9.80 Å². The number of ether oxygens (including phenoxy) is 2. The molecule has 10 nitrogen and oxygen atoms in total. The normalized spacial score (nSPS) is 12.7. The van der Waals surface area contributed by atoms with Gasteiger partial charge in [0.05, 0.1) is 52.2 Å². The fraction of sp³-hybridized carbons (Fsp3) is 0.875. The van der Waals surface area contributed by atoms with Crippen LogP contribution in [-0.4, -0.2) is 123 Å². The molecule has 0 aliphatic carbocycles. The second-order valence-electron chi connectivity index (χ2n) is 16.9. The van der Waals surface area contributed by atoms with E-state index in [2.05, 4.69) is 92.9 Å². The van der Waals surface area contributed by atoms with Crippen LogP contribution in [0.5, 0.6) is 0 Å². The Hall–Kier alpha value is -2.46. The van der Waals surface area contributed by atoms with E-state index in [0.717, 1.165) is 104 Å². The van der Waals surface area contributed by atoms with Gasteiger partial charge in [-0.15, -0.1) is 0 Å². The lowest BCUT2D eigenvalue weighted by Crippen LogP contribution is -2.32. The van der Waals surface area contributed by atoms with Crippen LogP contribution in [0, 0.1) is 23.7 Å². The molecule has 0 atom stereocenters. The van der Waals surface area contributed by atoms with Crippen molar-refractivity contribution >= 4 is 34.8 Å². The maximum absolute atomic E-state index is 12.5. The lowest BCUT2D eigenvalue weighted by molar-refractivity contribution is -0.145. The van der Waals surface area contributed by atoms with Gasteiger partial charge in [0.15, 0.2) is 0 Å². The fourth-order valence-electron chi connectivity index (χ4n) is 6.39. The van der Waals surface area contributed by atoms with Crippen molar-refractivity contribution in [3.63, 3.8) is 0 Å². The van der Waals surface area contributed by atoms with Gasteiger partial charge in [-0.2, -0.15) is 0 Å². The third kappa shape index (κ3) is 43.1. The standard InChI is InChI=1S/C44H84N6O4.2C2H6/c1-35(2)31-39(9)45-19-25-49(26-20-46-40(10)32-36(3)4)23-17-43(51)53-29-15-13-14-16-30-54-44(52)18-24-50(27-21-47-41(11)33-37(5)6)28-22-48-42(12)34-38(7)8;2*1-2/h35-38H,13-34H2,1-12H3;2*1-2H3. The molecule has 0 saturated carbocycles. The van der Waals surface area contributed by atoms with E-state index in [1.165, 1.54) is 22.8 Å². The van der Waals surface area contributed by atoms with Crippen LogP contribution in [-0.2, 0) is 19.1 Å². The fourth-order valence-corrected chi connectivity index (χ4v) is 6.39. The third-order valence-corrected chi connectivity index (χ3v) is 8.84. The molecule has 0 fully saturated rings. The maximum Gasteiger partial charge on any atom is 0.307 e. The van der Waals surface area contributed by atoms with Gasteiger partial charge in [0.1, 0.15) is 0 Å². The molecule has 342 valence electrons. The van der Waals surface area contributed by atoms with Crippen molar-refractivity contribution in [2.45, 2.75) is 175 Å². The predicted molar refractivity (Wildman–Crippen MR) is 255 cm³/mol. The van der Waals surface area contributed by atoms with E-state index in [9.17, 15) is 9.59 Å². The second kappa shape index (κ2) is 41.3. The average molecular weight is 821 g/mol. The minimum Gasteiger partial charge on any atom is -0.466 e. The van der Waals surface area contributed by atoms with Gasteiger partial charge in [-0.3, -0.25) is 39.4 Å². The summed E-state index contributed by atoms with van der Waals surface area (Å²) in [5.74, 6) is 2.09. The Bertz CT molecular complexity index is 967. The Morgan fingerprint density at radius 3 is 0.879 bits per heavy atom. The first-order valence-corrected chi connectivity index (χ1v) is 23.3. The Morgan fingerprint density at radius 1 is 0.414 bits per heavy atom. The Labute approximate surface area is 360 Å². The lowest BCUT2D eigenvalue weighted by atomic mass is 10.1. The minimum atomic E-state index is -0.156. The van der Waals surface area contributed by atoms with Gasteiger partial charge in [-0.05, 0) is 103 Å². The van der Waals surface area contributed by atoms with Crippen LogP contribution < -0.4 is 0 Å². The smallest absolute Gasteiger partial charge is 0.307 e. The number of aliphatic imine (C=N–C) groups is 4. The van der Waals surface area contributed by atoms with Crippen molar-refractivity contribution in [2.24, 2.45) is 43.6 Å². The summed E-state index contributed by atoms with van der Waals surface area (Å²) in [5.41, 5.74) is 4.74. The number of hydrogen-bond donors (Lipinski definition) is 0. The molecule has 0 radical (unpaired) electrons. The Kier molecular flexibility index (Phi) is 42.6. The number of rotatable bonds is 33. The van der Waals surface area contributed by atoms with Gasteiger partial charge < -0.3 is 9.47 Å². The molecule has 0 aliphatic heterocycles. The molecule has 0 unspecified atom stereocenters. The van der Waals surface area contributed by atoms with Crippen LogP contribution in [0.15, 0.2) is 20.0 Å². The van der Waals surface area contributed by atoms with E-state index in [-0.39, 0.29) is 11.9 Å². The summed E-state index contributed by atoms with van der Waals surface area (Å²) in [4.78, 5) is 48.7. The van der Waals surface area contributed by atoms with Crippen LogP contribution in [0.2, 0.25) is 0 Å². The summed E-state index contributed by atoms with van der Waals surface area (Å²) in [7, 11) is 0. The molecule has 0 aromatic carbocycles. The molecule has 0 N–H and O–H groups in total. The topological polar surface area (TPSA) is 109 Å². The average Bonchev–Trinajstić information content (AvgIpc) is 3.13. The van der Waals surface area contributed by atoms with Gasteiger partial charge in [0.2, 0.25) is 0 Å². The number of carbonyl (C=O) groups is 2. The van der Waals surface area contributed by atoms with E-state index in [1.807, 2.05) is 27.7 Å². The van der Waals surface area contributed by atoms with Crippen molar-refractivity contribution < 1.29 is 19.1 Å². The first-order valence-electron chi connectivity index (χ1n) is 23.3. The third-order valence-electron chi connectivity index (χ3n) is 8.84. The number of nitrogens with zero attached hydrogens (tertiary/aromatic N) is 6. The zero-order chi connectivity index (χ0) is 44.7. The Balaban J connectivity index is -0.00000731. The second-order valence-corrected chi connectivity index (χ2v) is 16.9. The summed E-state index contributed by atoms with van der Waals surface area (Å²) in [6.45, 7) is 42.4. The molecule has 0 saturated heterocycles. The molecule has 0 aliphatic rings. The molecule has 0 spiro atoms. The summed E-state index contributed by atoms with van der Waals surface area (Å²) < 4.78 is 11.1.